The fourth-order valence-electron chi connectivity index (χ4n) is 2.80. The van der Waals surface area contributed by atoms with Gasteiger partial charge in [-0.2, -0.15) is 11.8 Å². The second kappa shape index (κ2) is 9.49. The summed E-state index contributed by atoms with van der Waals surface area (Å²) in [5.74, 6) is 1.64. The summed E-state index contributed by atoms with van der Waals surface area (Å²) in [6, 6.07) is 7.90. The van der Waals surface area contributed by atoms with Crippen molar-refractivity contribution in [3.63, 3.8) is 0 Å². The number of unbranched alkanes of at least 4 members (excludes halogenated alkanes) is 1. The van der Waals surface area contributed by atoms with Crippen LogP contribution in [0.4, 0.5) is 0 Å². The van der Waals surface area contributed by atoms with E-state index in [0.717, 1.165) is 46.6 Å². The first-order valence-corrected chi connectivity index (χ1v) is 12.1. The van der Waals surface area contributed by atoms with Crippen molar-refractivity contribution in [2.24, 2.45) is 0 Å². The molecule has 3 rings (SSSR count). The third-order valence-electron chi connectivity index (χ3n) is 4.49. The monoisotopic (exact) mass is 450 g/mol. The van der Waals surface area contributed by atoms with E-state index in [9.17, 15) is 4.79 Å². The molecule has 0 saturated carbocycles. The van der Waals surface area contributed by atoms with Gasteiger partial charge in [-0.3, -0.25) is 4.57 Å². The van der Waals surface area contributed by atoms with Crippen LogP contribution in [0.5, 0.6) is 0 Å². The van der Waals surface area contributed by atoms with Gasteiger partial charge in [0.15, 0.2) is 0 Å². The van der Waals surface area contributed by atoms with Crippen LogP contribution in [0.1, 0.15) is 56.8 Å². The van der Waals surface area contributed by atoms with Crippen LogP contribution < -0.4 is 5.69 Å². The number of hydrogen-bond donors (Lipinski definition) is 0. The quantitative estimate of drug-likeness (QED) is 0.443. The maximum atomic E-state index is 13.1. The lowest BCUT2D eigenvalue weighted by Gasteiger charge is -2.12. The molecule has 3 aromatic rings. The lowest BCUT2D eigenvalue weighted by molar-refractivity contribution is 0.577. The summed E-state index contributed by atoms with van der Waals surface area (Å²) >= 11 is 9.24. The molecule has 0 spiro atoms. The van der Waals surface area contributed by atoms with Crippen LogP contribution >= 0.6 is 34.7 Å². The zero-order chi connectivity index (χ0) is 21.0. The van der Waals surface area contributed by atoms with Crippen molar-refractivity contribution in [3.8, 4) is 5.13 Å². The predicted molar refractivity (Wildman–Crippen MR) is 124 cm³/mol. The molecule has 0 atom stereocenters. The molecule has 29 heavy (non-hydrogen) atoms. The molecule has 0 bridgehead atoms. The molecular weight excluding hydrogens is 424 g/mol. The van der Waals surface area contributed by atoms with Crippen molar-refractivity contribution in [1.29, 1.82) is 0 Å². The number of hydrogen-bond acceptors (Lipinski definition) is 5. The molecule has 0 unspecified atom stereocenters. The molecule has 0 saturated heterocycles. The number of aromatic nitrogens is 4. The van der Waals surface area contributed by atoms with Crippen molar-refractivity contribution in [2.45, 2.75) is 64.0 Å². The van der Waals surface area contributed by atoms with Crippen molar-refractivity contribution < 1.29 is 0 Å². The Hall–Kier alpha value is -1.57. The predicted octanol–water partition coefficient (Wildman–Crippen LogP) is 5.67. The topological polar surface area (TPSA) is 52.7 Å². The van der Waals surface area contributed by atoms with E-state index in [2.05, 4.69) is 37.9 Å². The minimum atomic E-state index is -0.0818. The van der Waals surface area contributed by atoms with Crippen LogP contribution in [0.25, 0.3) is 5.13 Å². The number of thioether (sulfide) groups is 1. The standard InChI is InChI=1S/C21H27ClN4OS2/c1-5-6-11-25-17(14-28-13-15-7-9-16(22)10-8-15)12-26(20(25)27)19-24-23-18(29-19)21(2,3)4/h7-10,12H,5-6,11,13-14H2,1-4H3. The highest BCUT2D eigenvalue weighted by Crippen LogP contribution is 2.27. The first-order valence-electron chi connectivity index (χ1n) is 9.77. The Morgan fingerprint density at radius 2 is 1.86 bits per heavy atom. The summed E-state index contributed by atoms with van der Waals surface area (Å²) in [4.78, 5) is 13.1. The van der Waals surface area contributed by atoms with Gasteiger partial charge in [0.2, 0.25) is 5.13 Å². The summed E-state index contributed by atoms with van der Waals surface area (Å²) < 4.78 is 3.54. The Balaban J connectivity index is 1.82. The first kappa shape index (κ1) is 22.1. The largest absolute Gasteiger partial charge is 0.334 e. The van der Waals surface area contributed by atoms with Gasteiger partial charge in [-0.25, -0.2) is 9.36 Å². The van der Waals surface area contributed by atoms with Crippen LogP contribution in [-0.4, -0.2) is 19.3 Å². The van der Waals surface area contributed by atoms with E-state index < -0.39 is 0 Å². The lowest BCUT2D eigenvalue weighted by atomic mass is 9.98. The van der Waals surface area contributed by atoms with Crippen molar-refractivity contribution in [2.75, 3.05) is 0 Å². The normalized spacial score (nSPS) is 11.9. The van der Waals surface area contributed by atoms with Gasteiger partial charge in [0, 0.05) is 40.4 Å². The van der Waals surface area contributed by atoms with E-state index in [1.807, 2.05) is 35.0 Å². The summed E-state index contributed by atoms with van der Waals surface area (Å²) in [6.07, 6.45) is 3.95. The fourth-order valence-corrected chi connectivity index (χ4v) is 4.77. The van der Waals surface area contributed by atoms with Crippen molar-refractivity contribution in [3.05, 3.63) is 62.2 Å². The third-order valence-corrected chi connectivity index (χ3v) is 7.13. The first-order chi connectivity index (χ1) is 13.8. The summed E-state index contributed by atoms with van der Waals surface area (Å²) in [5.41, 5.74) is 2.13. The molecule has 156 valence electrons. The van der Waals surface area contributed by atoms with Gasteiger partial charge >= 0.3 is 5.69 Å². The fraction of sp³-hybridized carbons (Fsp3) is 0.476. The van der Waals surface area contributed by atoms with Crippen LogP contribution in [0, 0.1) is 0 Å². The molecule has 0 radical (unpaired) electrons. The van der Waals surface area contributed by atoms with Crippen molar-refractivity contribution in [1.82, 2.24) is 19.3 Å². The average Bonchev–Trinajstić information content (AvgIpc) is 3.27. The Morgan fingerprint density at radius 1 is 1.14 bits per heavy atom. The van der Waals surface area contributed by atoms with Crippen LogP contribution in [0.15, 0.2) is 35.3 Å². The molecule has 0 aliphatic carbocycles. The van der Waals surface area contributed by atoms with Gasteiger partial charge in [0.25, 0.3) is 0 Å². The van der Waals surface area contributed by atoms with E-state index in [-0.39, 0.29) is 11.1 Å². The second-order valence-electron chi connectivity index (χ2n) is 8.04. The Kier molecular flexibility index (Phi) is 7.24. The zero-order valence-corrected chi connectivity index (χ0v) is 19.7. The molecule has 0 amide bonds. The Bertz CT molecular complexity index is 999. The van der Waals surface area contributed by atoms with Gasteiger partial charge < -0.3 is 0 Å². The number of rotatable bonds is 8. The Morgan fingerprint density at radius 3 is 2.48 bits per heavy atom. The van der Waals surface area contributed by atoms with Gasteiger partial charge in [0.1, 0.15) is 5.01 Å². The summed E-state index contributed by atoms with van der Waals surface area (Å²) in [5, 5.41) is 10.9. The van der Waals surface area contributed by atoms with E-state index in [0.29, 0.717) is 5.13 Å². The van der Waals surface area contributed by atoms with E-state index in [1.165, 1.54) is 16.9 Å². The highest BCUT2D eigenvalue weighted by Gasteiger charge is 2.22. The summed E-state index contributed by atoms with van der Waals surface area (Å²) in [6.45, 7) is 9.17. The molecule has 0 N–H and O–H groups in total. The molecule has 0 fully saturated rings. The highest BCUT2D eigenvalue weighted by molar-refractivity contribution is 7.97. The number of benzene rings is 1. The molecule has 0 aliphatic rings. The van der Waals surface area contributed by atoms with Gasteiger partial charge in [-0.15, -0.1) is 10.2 Å². The smallest absolute Gasteiger partial charge is 0.295 e. The Labute approximate surface area is 185 Å². The number of imidazole rings is 1. The van der Waals surface area contributed by atoms with Crippen LogP contribution in [0.3, 0.4) is 0 Å². The van der Waals surface area contributed by atoms with E-state index in [1.54, 1.807) is 16.3 Å². The van der Waals surface area contributed by atoms with Crippen molar-refractivity contribution >= 4 is 34.7 Å². The van der Waals surface area contributed by atoms with Gasteiger partial charge in [-0.1, -0.05) is 69.2 Å². The SMILES string of the molecule is CCCCn1c(CSCc2ccc(Cl)cc2)cn(-c2nnc(C(C)(C)C)s2)c1=O. The molecule has 2 aromatic heterocycles. The molecule has 5 nitrogen and oxygen atoms in total. The zero-order valence-electron chi connectivity index (χ0n) is 17.3. The lowest BCUT2D eigenvalue weighted by Crippen LogP contribution is -2.24. The third kappa shape index (κ3) is 5.53. The molecule has 8 heteroatoms. The minimum Gasteiger partial charge on any atom is -0.295 e. The maximum Gasteiger partial charge on any atom is 0.334 e. The minimum absolute atomic E-state index is 0.0304. The molecule has 1 aromatic carbocycles. The molecule has 2 heterocycles. The summed E-state index contributed by atoms with van der Waals surface area (Å²) in [7, 11) is 0. The van der Waals surface area contributed by atoms with Gasteiger partial charge in [-0.05, 0) is 24.1 Å². The maximum absolute atomic E-state index is 13.1. The highest BCUT2D eigenvalue weighted by atomic mass is 35.5. The van der Waals surface area contributed by atoms with Gasteiger partial charge in [0.05, 0.1) is 0 Å². The average molecular weight is 451 g/mol. The van der Waals surface area contributed by atoms with E-state index >= 15 is 0 Å². The van der Waals surface area contributed by atoms with Crippen LogP contribution in [-0.2, 0) is 23.5 Å². The number of halogens is 1. The number of nitrogens with zero attached hydrogens (tertiary/aromatic N) is 4. The van der Waals surface area contributed by atoms with Crippen LogP contribution in [0.2, 0.25) is 5.02 Å². The van der Waals surface area contributed by atoms with E-state index in [4.69, 9.17) is 11.6 Å². The molecular formula is C21H27ClN4OS2. The second-order valence-corrected chi connectivity index (χ2v) is 10.4. The molecule has 0 aliphatic heterocycles.